The molecule has 8 nitrogen and oxygen atoms in total. The SMILES string of the molecule is CC(C)(C)OC(=O)[C@H](Cc1ccc(-c2ncc(C(O)O)cn2)cc1)NC(=O)c1ccc(C(C)(C)C)cc1. The van der Waals surface area contributed by atoms with Crippen LogP contribution >= 0.6 is 0 Å². The predicted octanol–water partition coefficient (Wildman–Crippen LogP) is 4.11. The molecule has 0 saturated heterocycles. The summed E-state index contributed by atoms with van der Waals surface area (Å²) in [6.45, 7) is 11.7. The van der Waals surface area contributed by atoms with Crippen LogP contribution in [-0.4, -0.2) is 43.7 Å². The average Bonchev–Trinajstić information content (AvgIpc) is 2.82. The number of aliphatic hydroxyl groups excluding tert-OH is 1. The number of benzene rings is 2. The molecule has 1 heterocycles. The lowest BCUT2D eigenvalue weighted by Gasteiger charge is -2.25. The highest BCUT2D eigenvalue weighted by Crippen LogP contribution is 2.23. The molecule has 1 atom stereocenters. The van der Waals surface area contributed by atoms with Gasteiger partial charge in [-0.15, -0.1) is 0 Å². The molecule has 2 aromatic carbocycles. The molecular weight excluding hydrogens is 470 g/mol. The zero-order chi connectivity index (χ0) is 27.4. The van der Waals surface area contributed by atoms with E-state index in [0.717, 1.165) is 16.7 Å². The number of carbonyl (C=O) groups excluding carboxylic acids is 2. The number of aromatic nitrogens is 2. The second kappa shape index (κ2) is 11.2. The van der Waals surface area contributed by atoms with E-state index in [0.29, 0.717) is 11.4 Å². The van der Waals surface area contributed by atoms with Gasteiger partial charge in [-0.2, -0.15) is 0 Å². The van der Waals surface area contributed by atoms with Crippen molar-refractivity contribution in [2.75, 3.05) is 0 Å². The molecular formula is C29H35N3O5. The minimum atomic E-state index is -1.63. The van der Waals surface area contributed by atoms with Gasteiger partial charge < -0.3 is 20.3 Å². The Balaban J connectivity index is 1.78. The van der Waals surface area contributed by atoms with Crippen LogP contribution < -0.4 is 5.32 Å². The van der Waals surface area contributed by atoms with Crippen molar-refractivity contribution in [1.82, 2.24) is 15.3 Å². The Hall–Kier alpha value is -3.62. The summed E-state index contributed by atoms with van der Waals surface area (Å²) in [6.07, 6.45) is 1.30. The minimum Gasteiger partial charge on any atom is -0.458 e. The van der Waals surface area contributed by atoms with E-state index in [1.54, 1.807) is 45.0 Å². The summed E-state index contributed by atoms with van der Waals surface area (Å²) in [5, 5.41) is 21.3. The fourth-order valence-electron chi connectivity index (χ4n) is 3.58. The number of amides is 1. The normalized spacial score (nSPS) is 12.8. The van der Waals surface area contributed by atoms with Gasteiger partial charge in [0.15, 0.2) is 12.1 Å². The molecule has 0 aliphatic heterocycles. The van der Waals surface area contributed by atoms with Crippen LogP contribution in [0.5, 0.6) is 0 Å². The molecule has 0 aliphatic carbocycles. The lowest BCUT2D eigenvalue weighted by Crippen LogP contribution is -2.45. The summed E-state index contributed by atoms with van der Waals surface area (Å²) in [7, 11) is 0. The first kappa shape index (κ1) is 28.0. The Morgan fingerprint density at radius 3 is 1.95 bits per heavy atom. The molecule has 3 rings (SSSR count). The molecule has 0 radical (unpaired) electrons. The molecule has 0 unspecified atom stereocenters. The van der Waals surface area contributed by atoms with Crippen molar-refractivity contribution in [3.05, 3.63) is 83.2 Å². The second-order valence-corrected chi connectivity index (χ2v) is 11.0. The molecule has 3 aromatic rings. The van der Waals surface area contributed by atoms with Gasteiger partial charge in [0.05, 0.1) is 0 Å². The molecule has 0 saturated carbocycles. The highest BCUT2D eigenvalue weighted by Gasteiger charge is 2.27. The van der Waals surface area contributed by atoms with Gasteiger partial charge in [-0.1, -0.05) is 57.2 Å². The minimum absolute atomic E-state index is 0.0343. The fraction of sp³-hybridized carbons (Fsp3) is 0.379. The highest BCUT2D eigenvalue weighted by atomic mass is 16.6. The summed E-state index contributed by atoms with van der Waals surface area (Å²) < 4.78 is 5.58. The van der Waals surface area contributed by atoms with Crippen LogP contribution in [0.2, 0.25) is 0 Å². The maximum absolute atomic E-state index is 13.0. The van der Waals surface area contributed by atoms with Crippen LogP contribution in [0.1, 0.15) is 74.9 Å². The van der Waals surface area contributed by atoms with Gasteiger partial charge in [0.1, 0.15) is 11.6 Å². The van der Waals surface area contributed by atoms with Gasteiger partial charge >= 0.3 is 5.97 Å². The quantitative estimate of drug-likeness (QED) is 0.326. The fourth-order valence-corrected chi connectivity index (χ4v) is 3.58. The Morgan fingerprint density at radius 1 is 0.892 bits per heavy atom. The molecule has 0 aliphatic rings. The number of aliphatic hydroxyl groups is 2. The number of hydrogen-bond acceptors (Lipinski definition) is 7. The number of hydrogen-bond donors (Lipinski definition) is 3. The summed E-state index contributed by atoms with van der Waals surface area (Å²) in [5.74, 6) is -0.447. The topological polar surface area (TPSA) is 122 Å². The zero-order valence-electron chi connectivity index (χ0n) is 22.1. The van der Waals surface area contributed by atoms with Crippen molar-refractivity contribution in [2.45, 2.75) is 71.3 Å². The van der Waals surface area contributed by atoms with Crippen LogP contribution in [0, 0.1) is 0 Å². The second-order valence-electron chi connectivity index (χ2n) is 11.0. The Labute approximate surface area is 217 Å². The van der Waals surface area contributed by atoms with E-state index < -0.39 is 23.9 Å². The summed E-state index contributed by atoms with van der Waals surface area (Å²) in [4.78, 5) is 34.3. The third-order valence-corrected chi connectivity index (χ3v) is 5.63. The number of nitrogens with one attached hydrogen (secondary N) is 1. The lowest BCUT2D eigenvalue weighted by molar-refractivity contribution is -0.157. The zero-order valence-corrected chi connectivity index (χ0v) is 22.1. The predicted molar refractivity (Wildman–Crippen MR) is 141 cm³/mol. The van der Waals surface area contributed by atoms with Gasteiger partial charge in [0, 0.05) is 35.5 Å². The standard InChI is InChI=1S/C29H35N3O5/c1-28(2,3)22-13-11-20(12-14-22)25(33)32-23(27(36)37-29(4,5)6)15-18-7-9-19(10-8-18)24-30-16-21(17-31-24)26(34)35/h7-14,16-17,23,26,34-35H,15H2,1-6H3,(H,32,33)/t23-/m0/s1. The van der Waals surface area contributed by atoms with E-state index in [2.05, 4.69) is 36.1 Å². The van der Waals surface area contributed by atoms with Crippen LogP contribution in [0.25, 0.3) is 11.4 Å². The van der Waals surface area contributed by atoms with Crippen molar-refractivity contribution in [2.24, 2.45) is 0 Å². The first-order valence-electron chi connectivity index (χ1n) is 12.1. The molecule has 0 bridgehead atoms. The van der Waals surface area contributed by atoms with E-state index in [-0.39, 0.29) is 23.3 Å². The first-order valence-corrected chi connectivity index (χ1v) is 12.1. The number of ether oxygens (including phenoxy) is 1. The lowest BCUT2D eigenvalue weighted by atomic mass is 9.86. The van der Waals surface area contributed by atoms with Gasteiger partial charge in [-0.05, 0) is 49.4 Å². The largest absolute Gasteiger partial charge is 0.458 e. The molecule has 1 amide bonds. The highest BCUT2D eigenvalue weighted by molar-refractivity contribution is 5.97. The van der Waals surface area contributed by atoms with E-state index in [1.165, 1.54) is 12.4 Å². The molecule has 1 aromatic heterocycles. The smallest absolute Gasteiger partial charge is 0.329 e. The van der Waals surface area contributed by atoms with Crippen molar-refractivity contribution >= 4 is 11.9 Å². The maximum atomic E-state index is 13.0. The molecule has 0 fully saturated rings. The van der Waals surface area contributed by atoms with Crippen LogP contribution in [0.4, 0.5) is 0 Å². The van der Waals surface area contributed by atoms with Gasteiger partial charge in [-0.3, -0.25) is 4.79 Å². The van der Waals surface area contributed by atoms with E-state index in [1.807, 2.05) is 24.3 Å². The van der Waals surface area contributed by atoms with Crippen LogP contribution in [0.3, 0.4) is 0 Å². The van der Waals surface area contributed by atoms with Gasteiger partial charge in [0.25, 0.3) is 5.91 Å². The summed E-state index contributed by atoms with van der Waals surface area (Å²) >= 11 is 0. The Morgan fingerprint density at radius 2 is 1.46 bits per heavy atom. The van der Waals surface area contributed by atoms with Gasteiger partial charge in [0.2, 0.25) is 0 Å². The molecule has 3 N–H and O–H groups in total. The third-order valence-electron chi connectivity index (χ3n) is 5.63. The molecule has 196 valence electrons. The number of carbonyl (C=O) groups is 2. The van der Waals surface area contributed by atoms with Crippen LogP contribution in [-0.2, 0) is 21.4 Å². The first-order chi connectivity index (χ1) is 17.2. The van der Waals surface area contributed by atoms with E-state index in [4.69, 9.17) is 4.74 Å². The Kier molecular flexibility index (Phi) is 8.46. The average molecular weight is 506 g/mol. The van der Waals surface area contributed by atoms with Crippen molar-refractivity contribution < 1.29 is 24.5 Å². The summed E-state index contributed by atoms with van der Waals surface area (Å²) in [6, 6.07) is 13.7. The third kappa shape index (κ3) is 7.93. The van der Waals surface area contributed by atoms with E-state index >= 15 is 0 Å². The molecule has 0 spiro atoms. The van der Waals surface area contributed by atoms with Crippen molar-refractivity contribution in [3.8, 4) is 11.4 Å². The molecule has 37 heavy (non-hydrogen) atoms. The number of nitrogens with zero attached hydrogens (tertiary/aromatic N) is 2. The van der Waals surface area contributed by atoms with E-state index in [9.17, 15) is 19.8 Å². The monoisotopic (exact) mass is 505 g/mol. The van der Waals surface area contributed by atoms with Crippen molar-refractivity contribution in [3.63, 3.8) is 0 Å². The summed E-state index contributed by atoms with van der Waals surface area (Å²) in [5.41, 5.74) is 2.57. The van der Waals surface area contributed by atoms with Gasteiger partial charge in [-0.25, -0.2) is 14.8 Å². The number of esters is 1. The Bertz CT molecular complexity index is 1210. The molecule has 8 heteroatoms. The number of rotatable bonds is 7. The van der Waals surface area contributed by atoms with Crippen molar-refractivity contribution in [1.29, 1.82) is 0 Å². The maximum Gasteiger partial charge on any atom is 0.329 e. The van der Waals surface area contributed by atoms with Crippen LogP contribution in [0.15, 0.2) is 60.9 Å².